The van der Waals surface area contributed by atoms with Crippen molar-refractivity contribution in [3.8, 4) is 0 Å². The minimum atomic E-state index is -0.710. The van der Waals surface area contributed by atoms with E-state index in [1.807, 2.05) is 6.92 Å². The molecule has 0 spiro atoms. The summed E-state index contributed by atoms with van der Waals surface area (Å²) in [5.74, 6) is -0.0583. The van der Waals surface area contributed by atoms with Gasteiger partial charge in [0, 0.05) is 11.6 Å². The topological polar surface area (TPSA) is 111 Å². The van der Waals surface area contributed by atoms with Crippen LogP contribution in [0.5, 0.6) is 0 Å². The van der Waals surface area contributed by atoms with E-state index in [0.29, 0.717) is 11.4 Å². The molecule has 0 saturated heterocycles. The van der Waals surface area contributed by atoms with Gasteiger partial charge in [-0.15, -0.1) is 0 Å². The lowest BCUT2D eigenvalue weighted by Gasteiger charge is -2.13. The van der Waals surface area contributed by atoms with Gasteiger partial charge in [-0.3, -0.25) is 14.9 Å². The van der Waals surface area contributed by atoms with E-state index >= 15 is 0 Å². The molecule has 0 bridgehead atoms. The standard InChI is InChI=1S/C13H13N3O4/c1-8(12-3-2-6-20-12)15-10-5-4-9(13(14)17)7-11(10)16(18)19/h2-8,15H,1H3,(H2,14,17)/t8-/m0/s1. The molecule has 20 heavy (non-hydrogen) atoms. The Hall–Kier alpha value is -2.83. The number of nitro benzene ring substituents is 1. The molecule has 0 fully saturated rings. The summed E-state index contributed by atoms with van der Waals surface area (Å²) in [5.41, 5.74) is 5.29. The summed E-state index contributed by atoms with van der Waals surface area (Å²) in [4.78, 5) is 21.5. The summed E-state index contributed by atoms with van der Waals surface area (Å²) >= 11 is 0. The molecule has 104 valence electrons. The molecule has 0 saturated carbocycles. The first-order valence-electron chi connectivity index (χ1n) is 5.87. The molecule has 7 nitrogen and oxygen atoms in total. The number of nitrogens with zero attached hydrogens (tertiary/aromatic N) is 1. The number of hydrogen-bond donors (Lipinski definition) is 2. The van der Waals surface area contributed by atoms with E-state index < -0.39 is 10.8 Å². The Labute approximate surface area is 114 Å². The molecule has 0 aliphatic heterocycles. The second-order valence-electron chi connectivity index (χ2n) is 4.23. The number of furan rings is 1. The highest BCUT2D eigenvalue weighted by Gasteiger charge is 2.19. The quantitative estimate of drug-likeness (QED) is 0.643. The van der Waals surface area contributed by atoms with Crippen molar-refractivity contribution in [2.45, 2.75) is 13.0 Å². The third kappa shape index (κ3) is 2.77. The summed E-state index contributed by atoms with van der Waals surface area (Å²) in [6.45, 7) is 1.81. The molecular weight excluding hydrogens is 262 g/mol. The van der Waals surface area contributed by atoms with Gasteiger partial charge in [0.2, 0.25) is 5.91 Å². The van der Waals surface area contributed by atoms with Crippen LogP contribution in [0.25, 0.3) is 0 Å². The lowest BCUT2D eigenvalue weighted by molar-refractivity contribution is -0.384. The number of nitro groups is 1. The van der Waals surface area contributed by atoms with Gasteiger partial charge in [-0.2, -0.15) is 0 Å². The fraction of sp³-hybridized carbons (Fsp3) is 0.154. The number of rotatable bonds is 5. The molecule has 1 aromatic carbocycles. The molecule has 0 aliphatic carbocycles. The lowest BCUT2D eigenvalue weighted by Crippen LogP contribution is -2.12. The van der Waals surface area contributed by atoms with E-state index in [2.05, 4.69) is 5.32 Å². The number of amides is 1. The van der Waals surface area contributed by atoms with Gasteiger partial charge >= 0.3 is 0 Å². The smallest absolute Gasteiger partial charge is 0.293 e. The fourth-order valence-electron chi connectivity index (χ4n) is 1.80. The number of carbonyl (C=O) groups is 1. The fourth-order valence-corrected chi connectivity index (χ4v) is 1.80. The molecule has 1 atom stereocenters. The van der Waals surface area contributed by atoms with E-state index in [1.54, 1.807) is 12.1 Å². The van der Waals surface area contributed by atoms with Crippen LogP contribution in [0.15, 0.2) is 41.0 Å². The molecule has 0 unspecified atom stereocenters. The molecule has 1 aromatic heterocycles. The van der Waals surface area contributed by atoms with Crippen molar-refractivity contribution in [3.05, 3.63) is 58.0 Å². The summed E-state index contributed by atoms with van der Waals surface area (Å²) in [7, 11) is 0. The van der Waals surface area contributed by atoms with Crippen LogP contribution in [0.3, 0.4) is 0 Å². The zero-order chi connectivity index (χ0) is 14.7. The van der Waals surface area contributed by atoms with E-state index in [-0.39, 0.29) is 17.3 Å². The number of benzene rings is 1. The number of carbonyl (C=O) groups excluding carboxylic acids is 1. The van der Waals surface area contributed by atoms with Gasteiger partial charge in [0.1, 0.15) is 11.4 Å². The molecule has 2 rings (SSSR count). The minimum Gasteiger partial charge on any atom is -0.467 e. The third-order valence-electron chi connectivity index (χ3n) is 2.82. The summed E-state index contributed by atoms with van der Waals surface area (Å²) in [5, 5.41) is 14.0. The second kappa shape index (κ2) is 5.43. The summed E-state index contributed by atoms with van der Waals surface area (Å²) in [6, 6.07) is 7.30. The Morgan fingerprint density at radius 2 is 2.20 bits per heavy atom. The van der Waals surface area contributed by atoms with Crippen LogP contribution in [0.1, 0.15) is 29.1 Å². The van der Waals surface area contributed by atoms with Crippen molar-refractivity contribution in [2.75, 3.05) is 5.32 Å². The number of primary amides is 1. The number of anilines is 1. The van der Waals surface area contributed by atoms with Crippen molar-refractivity contribution in [1.82, 2.24) is 0 Å². The van der Waals surface area contributed by atoms with Gasteiger partial charge in [0.15, 0.2) is 0 Å². The third-order valence-corrected chi connectivity index (χ3v) is 2.82. The second-order valence-corrected chi connectivity index (χ2v) is 4.23. The molecule has 3 N–H and O–H groups in total. The molecule has 1 amide bonds. The Bertz CT molecular complexity index is 637. The van der Waals surface area contributed by atoms with Crippen LogP contribution in [-0.4, -0.2) is 10.8 Å². The zero-order valence-electron chi connectivity index (χ0n) is 10.7. The molecular formula is C13H13N3O4. The molecule has 7 heteroatoms. The Balaban J connectivity index is 2.31. The van der Waals surface area contributed by atoms with Gasteiger partial charge in [0.05, 0.1) is 17.2 Å². The summed E-state index contributed by atoms with van der Waals surface area (Å²) in [6.07, 6.45) is 1.53. The van der Waals surface area contributed by atoms with Gasteiger partial charge in [-0.25, -0.2) is 0 Å². The van der Waals surface area contributed by atoms with Gasteiger partial charge < -0.3 is 15.5 Å². The van der Waals surface area contributed by atoms with Crippen LogP contribution in [-0.2, 0) is 0 Å². The number of nitrogens with one attached hydrogen (secondary N) is 1. The highest BCUT2D eigenvalue weighted by molar-refractivity contribution is 5.94. The first kappa shape index (κ1) is 13.6. The monoisotopic (exact) mass is 275 g/mol. The summed E-state index contributed by atoms with van der Waals surface area (Å²) < 4.78 is 5.22. The molecule has 2 aromatic rings. The highest BCUT2D eigenvalue weighted by Crippen LogP contribution is 2.29. The minimum absolute atomic E-state index is 0.0906. The van der Waals surface area contributed by atoms with Crippen LogP contribution in [0, 0.1) is 10.1 Å². The van der Waals surface area contributed by atoms with E-state index in [9.17, 15) is 14.9 Å². The first-order valence-corrected chi connectivity index (χ1v) is 5.87. The van der Waals surface area contributed by atoms with Crippen LogP contribution in [0.4, 0.5) is 11.4 Å². The Morgan fingerprint density at radius 3 is 2.75 bits per heavy atom. The predicted molar refractivity (Wildman–Crippen MR) is 72.4 cm³/mol. The van der Waals surface area contributed by atoms with Crippen molar-refractivity contribution >= 4 is 17.3 Å². The lowest BCUT2D eigenvalue weighted by atomic mass is 10.1. The zero-order valence-corrected chi connectivity index (χ0v) is 10.7. The number of nitrogens with two attached hydrogens (primary N) is 1. The maximum atomic E-state index is 11.1. The van der Waals surface area contributed by atoms with Crippen LogP contribution < -0.4 is 11.1 Å². The first-order chi connectivity index (χ1) is 9.49. The van der Waals surface area contributed by atoms with Crippen molar-refractivity contribution in [2.24, 2.45) is 5.73 Å². The van der Waals surface area contributed by atoms with Gasteiger partial charge in [0.25, 0.3) is 5.69 Å². The van der Waals surface area contributed by atoms with Crippen molar-refractivity contribution in [1.29, 1.82) is 0 Å². The Morgan fingerprint density at radius 1 is 1.45 bits per heavy atom. The van der Waals surface area contributed by atoms with E-state index in [1.165, 1.54) is 18.4 Å². The Kier molecular flexibility index (Phi) is 3.69. The van der Waals surface area contributed by atoms with Crippen molar-refractivity contribution < 1.29 is 14.1 Å². The van der Waals surface area contributed by atoms with Gasteiger partial charge in [-0.05, 0) is 31.2 Å². The van der Waals surface area contributed by atoms with Crippen LogP contribution >= 0.6 is 0 Å². The highest BCUT2D eigenvalue weighted by atomic mass is 16.6. The number of hydrogen-bond acceptors (Lipinski definition) is 5. The van der Waals surface area contributed by atoms with E-state index in [0.717, 1.165) is 6.07 Å². The molecule has 1 heterocycles. The maximum Gasteiger partial charge on any atom is 0.293 e. The average Bonchev–Trinajstić information content (AvgIpc) is 2.92. The average molecular weight is 275 g/mol. The van der Waals surface area contributed by atoms with E-state index in [4.69, 9.17) is 10.2 Å². The molecule has 0 radical (unpaired) electrons. The van der Waals surface area contributed by atoms with Crippen LogP contribution in [0.2, 0.25) is 0 Å². The normalized spacial score (nSPS) is 11.8. The maximum absolute atomic E-state index is 11.1. The van der Waals surface area contributed by atoms with Gasteiger partial charge in [-0.1, -0.05) is 0 Å². The molecule has 0 aliphatic rings. The SMILES string of the molecule is C[C@H](Nc1ccc(C(N)=O)cc1[N+](=O)[O-])c1ccco1. The predicted octanol–water partition coefficient (Wildman–Crippen LogP) is 2.46. The largest absolute Gasteiger partial charge is 0.467 e. The van der Waals surface area contributed by atoms with Crippen molar-refractivity contribution in [3.63, 3.8) is 0 Å².